The average Bonchev–Trinajstić information content (AvgIpc) is 2.33. The van der Waals surface area contributed by atoms with E-state index in [4.69, 9.17) is 10.5 Å². The molecule has 0 aliphatic heterocycles. The molecule has 0 bridgehead atoms. The van der Waals surface area contributed by atoms with E-state index in [1.54, 1.807) is 0 Å². The van der Waals surface area contributed by atoms with Crippen molar-refractivity contribution in [2.24, 2.45) is 5.73 Å². The number of primary amides is 1. The maximum atomic E-state index is 13.8. The first-order valence-electron chi connectivity index (χ1n) is 5.43. The number of benzene rings is 1. The van der Waals surface area contributed by atoms with Crippen molar-refractivity contribution < 1.29 is 32.2 Å². The molecule has 1 aromatic carbocycles. The first kappa shape index (κ1) is 16.2. The monoisotopic (exact) mass is 307 g/mol. The number of aliphatic hydroxyl groups excluding tert-OH is 1. The summed E-state index contributed by atoms with van der Waals surface area (Å²) in [5.74, 6) is -1.37. The number of nitrogens with two attached hydrogens (primary N) is 1. The van der Waals surface area contributed by atoms with Crippen molar-refractivity contribution in [2.45, 2.75) is 11.0 Å². The van der Waals surface area contributed by atoms with Crippen LogP contribution in [0.1, 0.15) is 0 Å². The molecular weight excluding hydrogens is 293 g/mol. The van der Waals surface area contributed by atoms with Crippen LogP contribution in [0.3, 0.4) is 0 Å². The second-order valence-electron chi connectivity index (χ2n) is 3.94. The van der Waals surface area contributed by atoms with E-state index in [2.05, 4.69) is 4.74 Å². The lowest BCUT2D eigenvalue weighted by atomic mass is 10.3. The molecule has 0 aliphatic carbocycles. The van der Waals surface area contributed by atoms with E-state index in [0.29, 0.717) is 0 Å². The Bertz CT molecular complexity index is 589. The van der Waals surface area contributed by atoms with Gasteiger partial charge in [0.15, 0.2) is 21.4 Å². The van der Waals surface area contributed by atoms with Crippen molar-refractivity contribution in [2.75, 3.05) is 19.5 Å². The van der Waals surface area contributed by atoms with Gasteiger partial charge in [-0.25, -0.2) is 17.6 Å². The predicted octanol–water partition coefficient (Wildman–Crippen LogP) is 0.0642. The molecule has 0 unspecified atom stereocenters. The molecular formula is C11H14FNO6S. The van der Waals surface area contributed by atoms with Crippen LogP contribution >= 0.6 is 0 Å². The number of hydrogen-bond acceptors (Lipinski definition) is 6. The Kier molecular flexibility index (Phi) is 5.28. The van der Waals surface area contributed by atoms with Gasteiger partial charge < -0.3 is 20.3 Å². The van der Waals surface area contributed by atoms with Crippen LogP contribution in [-0.2, 0) is 14.6 Å². The lowest BCUT2D eigenvalue weighted by molar-refractivity contribution is 0.0408. The Balaban J connectivity index is 2.72. The fourth-order valence-electron chi connectivity index (χ4n) is 1.30. The van der Waals surface area contributed by atoms with Crippen LogP contribution in [0.2, 0.25) is 0 Å². The maximum absolute atomic E-state index is 13.8. The zero-order valence-electron chi connectivity index (χ0n) is 10.6. The van der Waals surface area contributed by atoms with Crippen LogP contribution in [0, 0.1) is 5.82 Å². The van der Waals surface area contributed by atoms with Gasteiger partial charge in [0.1, 0.15) is 24.2 Å². The average molecular weight is 307 g/mol. The van der Waals surface area contributed by atoms with Crippen molar-refractivity contribution in [1.82, 2.24) is 0 Å². The number of carbonyl (C=O) groups excluding carboxylic acids is 1. The van der Waals surface area contributed by atoms with E-state index in [1.165, 1.54) is 12.1 Å². The number of aliphatic hydroxyl groups is 1. The summed E-state index contributed by atoms with van der Waals surface area (Å²) >= 11 is 0. The molecule has 0 aromatic heterocycles. The minimum absolute atomic E-state index is 0.328. The zero-order chi connectivity index (χ0) is 15.3. The van der Waals surface area contributed by atoms with Crippen molar-refractivity contribution in [3.8, 4) is 5.75 Å². The molecule has 0 saturated heterocycles. The summed E-state index contributed by atoms with van der Waals surface area (Å²) in [6.45, 7) is -0.805. The molecule has 20 heavy (non-hydrogen) atoms. The van der Waals surface area contributed by atoms with Crippen LogP contribution in [0.25, 0.3) is 0 Å². The lowest BCUT2D eigenvalue weighted by Crippen LogP contribution is -2.27. The van der Waals surface area contributed by atoms with Gasteiger partial charge in [-0.15, -0.1) is 0 Å². The van der Waals surface area contributed by atoms with Gasteiger partial charge in [0.05, 0.1) is 0 Å². The predicted molar refractivity (Wildman–Crippen MR) is 66.5 cm³/mol. The first-order valence-corrected chi connectivity index (χ1v) is 7.32. The Morgan fingerprint density at radius 2 is 2.10 bits per heavy atom. The number of rotatable bonds is 6. The second kappa shape index (κ2) is 6.53. The van der Waals surface area contributed by atoms with E-state index in [0.717, 1.165) is 12.3 Å². The summed E-state index contributed by atoms with van der Waals surface area (Å²) < 4.78 is 45.7. The summed E-state index contributed by atoms with van der Waals surface area (Å²) in [6, 6.07) is 3.62. The Hall–Kier alpha value is -1.87. The van der Waals surface area contributed by atoms with Crippen molar-refractivity contribution in [1.29, 1.82) is 0 Å². The van der Waals surface area contributed by atoms with Crippen LogP contribution in [0.5, 0.6) is 5.75 Å². The number of hydrogen-bond donors (Lipinski definition) is 2. The van der Waals surface area contributed by atoms with E-state index in [1.807, 2.05) is 0 Å². The highest BCUT2D eigenvalue weighted by Crippen LogP contribution is 2.24. The minimum Gasteiger partial charge on any atom is -0.488 e. The molecule has 0 heterocycles. The topological polar surface area (TPSA) is 116 Å². The largest absolute Gasteiger partial charge is 0.488 e. The molecule has 112 valence electrons. The molecule has 7 nitrogen and oxygen atoms in total. The Morgan fingerprint density at radius 3 is 2.65 bits per heavy atom. The van der Waals surface area contributed by atoms with Gasteiger partial charge in [-0.05, 0) is 12.1 Å². The number of carbonyl (C=O) groups is 1. The molecule has 0 fully saturated rings. The molecule has 9 heteroatoms. The standard InChI is InChI=1S/C11H14FNO6S/c1-20(16,17)9-4-2-3-8(10(9)12)18-5-7(14)6-19-11(13)15/h2-4,7,14H,5-6H2,1H3,(H2,13,15)/t7-/m0/s1. The summed E-state index contributed by atoms with van der Waals surface area (Å²) in [4.78, 5) is 9.81. The number of sulfone groups is 1. The van der Waals surface area contributed by atoms with Crippen molar-refractivity contribution in [3.05, 3.63) is 24.0 Å². The number of ether oxygens (including phenoxy) is 2. The smallest absolute Gasteiger partial charge is 0.404 e. The van der Waals surface area contributed by atoms with Gasteiger partial charge in [0.2, 0.25) is 0 Å². The van der Waals surface area contributed by atoms with Gasteiger partial charge in [-0.3, -0.25) is 0 Å². The third-order valence-electron chi connectivity index (χ3n) is 2.18. The molecule has 1 atom stereocenters. The van der Waals surface area contributed by atoms with Gasteiger partial charge >= 0.3 is 6.09 Å². The lowest BCUT2D eigenvalue weighted by Gasteiger charge is -2.13. The SMILES string of the molecule is CS(=O)(=O)c1cccc(OC[C@H](O)COC(N)=O)c1F. The highest BCUT2D eigenvalue weighted by atomic mass is 32.2. The molecule has 1 rings (SSSR count). The quantitative estimate of drug-likeness (QED) is 0.768. The van der Waals surface area contributed by atoms with Crippen LogP contribution in [0.15, 0.2) is 23.1 Å². The molecule has 0 radical (unpaired) electrons. The van der Waals surface area contributed by atoms with Crippen molar-refractivity contribution in [3.63, 3.8) is 0 Å². The van der Waals surface area contributed by atoms with E-state index in [9.17, 15) is 22.7 Å². The van der Waals surface area contributed by atoms with Crippen LogP contribution in [-0.4, -0.2) is 45.2 Å². The molecule has 0 aliphatic rings. The third-order valence-corrected chi connectivity index (χ3v) is 3.29. The number of halogens is 1. The minimum atomic E-state index is -3.72. The van der Waals surface area contributed by atoms with Gasteiger partial charge in [-0.1, -0.05) is 6.07 Å². The van der Waals surface area contributed by atoms with Crippen LogP contribution in [0.4, 0.5) is 9.18 Å². The normalized spacial score (nSPS) is 12.8. The molecule has 0 saturated carbocycles. The Morgan fingerprint density at radius 1 is 1.45 bits per heavy atom. The highest BCUT2D eigenvalue weighted by Gasteiger charge is 2.18. The van der Waals surface area contributed by atoms with Crippen molar-refractivity contribution >= 4 is 15.9 Å². The van der Waals surface area contributed by atoms with E-state index < -0.39 is 46.0 Å². The summed E-state index contributed by atoms with van der Waals surface area (Å²) in [5, 5.41) is 9.38. The third kappa shape index (κ3) is 4.67. The summed E-state index contributed by atoms with van der Waals surface area (Å²) in [5.41, 5.74) is 4.70. The van der Waals surface area contributed by atoms with Gasteiger partial charge in [0.25, 0.3) is 0 Å². The molecule has 3 N–H and O–H groups in total. The highest BCUT2D eigenvalue weighted by molar-refractivity contribution is 7.90. The first-order chi connectivity index (χ1) is 9.21. The zero-order valence-corrected chi connectivity index (χ0v) is 11.4. The van der Waals surface area contributed by atoms with E-state index >= 15 is 0 Å². The van der Waals surface area contributed by atoms with Crippen LogP contribution < -0.4 is 10.5 Å². The van der Waals surface area contributed by atoms with Gasteiger partial charge in [-0.2, -0.15) is 0 Å². The van der Waals surface area contributed by atoms with Gasteiger partial charge in [0, 0.05) is 6.26 Å². The summed E-state index contributed by atoms with van der Waals surface area (Å²) in [7, 11) is -3.72. The fraction of sp³-hybridized carbons (Fsp3) is 0.364. The Labute approximate surface area is 115 Å². The molecule has 0 spiro atoms. The second-order valence-corrected chi connectivity index (χ2v) is 5.92. The fourth-order valence-corrected chi connectivity index (χ4v) is 2.05. The molecule has 1 aromatic rings. The summed E-state index contributed by atoms with van der Waals surface area (Å²) in [6.07, 6.45) is -1.41. The van der Waals surface area contributed by atoms with E-state index in [-0.39, 0.29) is 5.75 Å². The maximum Gasteiger partial charge on any atom is 0.404 e. The molecule has 1 amide bonds. The number of amides is 1.